The van der Waals surface area contributed by atoms with Crippen LogP contribution in [-0.2, 0) is 5.41 Å². The van der Waals surface area contributed by atoms with Gasteiger partial charge in [0.05, 0.1) is 32.4 Å². The van der Waals surface area contributed by atoms with E-state index in [1.54, 1.807) is 43.6 Å². The van der Waals surface area contributed by atoms with Crippen LogP contribution < -0.4 is 14.8 Å². The smallest absolute Gasteiger partial charge is 0.321 e. The molecule has 0 bridgehead atoms. The predicted octanol–water partition coefficient (Wildman–Crippen LogP) is 4.34. The molecule has 212 valence electrons. The minimum absolute atomic E-state index is 0.166. The molecule has 10 heteroatoms. The Balaban J connectivity index is 1.33. The number of aliphatic hydroxyl groups excluding tert-OH is 1. The molecule has 0 unspecified atom stereocenters. The summed E-state index contributed by atoms with van der Waals surface area (Å²) in [7, 11) is 3.23. The van der Waals surface area contributed by atoms with Gasteiger partial charge in [0.2, 0.25) is 0 Å². The second-order valence-corrected chi connectivity index (χ2v) is 10.6. The molecule has 2 aliphatic rings. The molecular weight excluding hydrogens is 522 g/mol. The summed E-state index contributed by atoms with van der Waals surface area (Å²) in [6.45, 7) is 1.23. The monoisotopic (exact) mass is 555 g/mol. The van der Waals surface area contributed by atoms with Crippen LogP contribution in [0.2, 0.25) is 0 Å². The lowest BCUT2D eigenvalue weighted by Gasteiger charge is -2.50. The molecule has 3 N–H and O–H groups in total. The summed E-state index contributed by atoms with van der Waals surface area (Å²) in [6.07, 6.45) is 4.50. The molecule has 2 aromatic heterocycles. The highest BCUT2D eigenvalue weighted by Crippen LogP contribution is 2.49. The number of pyridine rings is 1. The molecular formula is C31H33N5O5. The average molecular weight is 556 g/mol. The first-order valence-electron chi connectivity index (χ1n) is 13.7. The number of anilines is 1. The van der Waals surface area contributed by atoms with Crippen molar-refractivity contribution < 1.29 is 24.2 Å². The van der Waals surface area contributed by atoms with E-state index >= 15 is 0 Å². The van der Waals surface area contributed by atoms with E-state index in [0.717, 1.165) is 33.7 Å². The number of fused-ring (bicyclic) bond motifs is 4. The Morgan fingerprint density at radius 2 is 1.80 bits per heavy atom. The first kappa shape index (κ1) is 26.6. The lowest BCUT2D eigenvalue weighted by molar-refractivity contribution is 0.0370. The third-order valence-electron chi connectivity index (χ3n) is 8.44. The molecule has 2 aromatic carbocycles. The number of piperidine rings is 1. The van der Waals surface area contributed by atoms with Crippen molar-refractivity contribution in [1.82, 2.24) is 19.8 Å². The van der Waals surface area contributed by atoms with E-state index in [1.807, 2.05) is 47.4 Å². The molecule has 3 amide bonds. The lowest BCUT2D eigenvalue weighted by atomic mass is 9.68. The number of urea groups is 1. The molecule has 0 radical (unpaired) electrons. The zero-order valence-electron chi connectivity index (χ0n) is 23.1. The summed E-state index contributed by atoms with van der Waals surface area (Å²) in [6, 6.07) is 15.9. The van der Waals surface area contributed by atoms with Crippen LogP contribution in [0.15, 0.2) is 67.0 Å². The molecule has 1 atom stereocenters. The maximum atomic E-state index is 13.8. The SMILES string of the molecule is COc1ccc(NC(=O)N2CCC3(CC2)CN(C(=O)c2cccnc2)[C@@H](CO)c2[nH]c4cc(OC)ccc4c23)cc1. The van der Waals surface area contributed by atoms with Crippen molar-refractivity contribution in [3.8, 4) is 11.5 Å². The minimum Gasteiger partial charge on any atom is -0.497 e. The average Bonchev–Trinajstić information content (AvgIpc) is 3.41. The van der Waals surface area contributed by atoms with Gasteiger partial charge in [-0.05, 0) is 66.9 Å². The van der Waals surface area contributed by atoms with E-state index < -0.39 is 11.5 Å². The van der Waals surface area contributed by atoms with Gasteiger partial charge in [-0.15, -0.1) is 0 Å². The molecule has 0 aliphatic carbocycles. The highest BCUT2D eigenvalue weighted by molar-refractivity contribution is 5.96. The third kappa shape index (κ3) is 4.74. The van der Waals surface area contributed by atoms with Crippen LogP contribution >= 0.6 is 0 Å². The number of benzene rings is 2. The van der Waals surface area contributed by atoms with Crippen molar-refractivity contribution in [3.63, 3.8) is 0 Å². The number of aromatic nitrogens is 2. The topological polar surface area (TPSA) is 120 Å². The van der Waals surface area contributed by atoms with E-state index in [0.29, 0.717) is 43.7 Å². The maximum absolute atomic E-state index is 13.8. The molecule has 4 heterocycles. The summed E-state index contributed by atoms with van der Waals surface area (Å²) in [5.74, 6) is 1.26. The van der Waals surface area contributed by atoms with E-state index in [-0.39, 0.29) is 18.5 Å². The van der Waals surface area contributed by atoms with Crippen LogP contribution in [-0.4, -0.2) is 77.3 Å². The largest absolute Gasteiger partial charge is 0.497 e. The summed E-state index contributed by atoms with van der Waals surface area (Å²) < 4.78 is 10.7. The number of hydrogen-bond donors (Lipinski definition) is 3. The van der Waals surface area contributed by atoms with Crippen molar-refractivity contribution in [2.75, 3.05) is 45.8 Å². The van der Waals surface area contributed by atoms with Crippen molar-refractivity contribution in [1.29, 1.82) is 0 Å². The van der Waals surface area contributed by atoms with Crippen molar-refractivity contribution in [2.45, 2.75) is 24.3 Å². The Kier molecular flexibility index (Phi) is 7.00. The first-order chi connectivity index (χ1) is 20.0. The minimum atomic E-state index is -0.543. The van der Waals surface area contributed by atoms with E-state index in [1.165, 1.54) is 0 Å². The second-order valence-electron chi connectivity index (χ2n) is 10.6. The van der Waals surface area contributed by atoms with Crippen LogP contribution in [0.4, 0.5) is 10.5 Å². The summed E-state index contributed by atoms with van der Waals surface area (Å²) in [5, 5.41) is 14.6. The molecule has 1 fully saturated rings. The highest BCUT2D eigenvalue weighted by atomic mass is 16.5. The fourth-order valence-electron chi connectivity index (χ4n) is 6.30. The Labute approximate surface area is 237 Å². The van der Waals surface area contributed by atoms with Gasteiger partial charge < -0.3 is 34.7 Å². The molecule has 10 nitrogen and oxygen atoms in total. The summed E-state index contributed by atoms with van der Waals surface area (Å²) in [4.78, 5) is 38.2. The zero-order valence-corrected chi connectivity index (χ0v) is 23.1. The zero-order chi connectivity index (χ0) is 28.6. The maximum Gasteiger partial charge on any atom is 0.321 e. The number of rotatable bonds is 5. The van der Waals surface area contributed by atoms with Gasteiger partial charge in [-0.3, -0.25) is 9.78 Å². The van der Waals surface area contributed by atoms with Gasteiger partial charge in [-0.2, -0.15) is 0 Å². The Bertz CT molecular complexity index is 1560. The first-order valence-corrected chi connectivity index (χ1v) is 13.7. The lowest BCUT2D eigenvalue weighted by Crippen LogP contribution is -2.56. The summed E-state index contributed by atoms with van der Waals surface area (Å²) in [5.41, 5.74) is 3.58. The van der Waals surface area contributed by atoms with E-state index in [9.17, 15) is 14.7 Å². The van der Waals surface area contributed by atoms with Crippen LogP contribution in [0.3, 0.4) is 0 Å². The molecule has 2 aliphatic heterocycles. The number of ether oxygens (including phenoxy) is 2. The highest BCUT2D eigenvalue weighted by Gasteiger charge is 2.49. The number of likely N-dealkylation sites (tertiary alicyclic amines) is 1. The number of aliphatic hydroxyl groups is 1. The van der Waals surface area contributed by atoms with Crippen molar-refractivity contribution >= 4 is 28.5 Å². The number of hydrogen-bond acceptors (Lipinski definition) is 6. The van der Waals surface area contributed by atoms with E-state index in [4.69, 9.17) is 9.47 Å². The summed E-state index contributed by atoms with van der Waals surface area (Å²) >= 11 is 0. The number of nitrogens with zero attached hydrogens (tertiary/aromatic N) is 3. The van der Waals surface area contributed by atoms with E-state index in [2.05, 4.69) is 15.3 Å². The molecule has 0 saturated carbocycles. The molecule has 41 heavy (non-hydrogen) atoms. The fourth-order valence-corrected chi connectivity index (χ4v) is 6.30. The van der Waals surface area contributed by atoms with Gasteiger partial charge in [0.25, 0.3) is 5.91 Å². The van der Waals surface area contributed by atoms with Crippen molar-refractivity contribution in [2.24, 2.45) is 0 Å². The Morgan fingerprint density at radius 3 is 2.46 bits per heavy atom. The number of nitrogens with one attached hydrogen (secondary N) is 2. The van der Waals surface area contributed by atoms with Crippen molar-refractivity contribution in [3.05, 3.63) is 83.8 Å². The third-order valence-corrected chi connectivity index (χ3v) is 8.44. The number of carbonyl (C=O) groups excluding carboxylic acids is 2. The Morgan fingerprint density at radius 1 is 1.07 bits per heavy atom. The van der Waals surface area contributed by atoms with Gasteiger partial charge in [0.1, 0.15) is 11.5 Å². The molecule has 1 saturated heterocycles. The van der Waals surface area contributed by atoms with Crippen LogP contribution in [0, 0.1) is 0 Å². The fraction of sp³-hybridized carbons (Fsp3) is 0.323. The second kappa shape index (κ2) is 10.8. The van der Waals surface area contributed by atoms with Crippen LogP contribution in [0.5, 0.6) is 11.5 Å². The Hall–Kier alpha value is -4.57. The molecule has 6 rings (SSSR count). The number of carbonyl (C=O) groups is 2. The number of aromatic amines is 1. The standard InChI is InChI=1S/C31H33N5O5/c1-40-22-7-5-21(6-8-22)33-30(39)35-14-11-31(12-15-35)19-36(29(38)20-4-3-13-32-17-20)26(18-37)28-27(31)24-10-9-23(41-2)16-25(24)34-28/h3-10,13,16-17,26,34,37H,11-12,14-15,18-19H2,1-2H3,(H,33,39)/t26-/m0/s1. The number of methoxy groups -OCH3 is 2. The quantitative estimate of drug-likeness (QED) is 0.337. The van der Waals surface area contributed by atoms with Gasteiger partial charge in [-0.25, -0.2) is 4.79 Å². The normalized spacial score (nSPS) is 17.8. The van der Waals surface area contributed by atoms with Gasteiger partial charge >= 0.3 is 6.03 Å². The number of amides is 3. The molecule has 4 aromatic rings. The van der Waals surface area contributed by atoms with Gasteiger partial charge in [0, 0.05) is 65.8 Å². The van der Waals surface area contributed by atoms with Crippen LogP contribution in [0.25, 0.3) is 10.9 Å². The van der Waals surface area contributed by atoms with Gasteiger partial charge in [0.15, 0.2) is 0 Å². The van der Waals surface area contributed by atoms with Crippen LogP contribution in [0.1, 0.15) is 40.5 Å². The predicted molar refractivity (Wildman–Crippen MR) is 154 cm³/mol. The van der Waals surface area contributed by atoms with Gasteiger partial charge in [-0.1, -0.05) is 0 Å². The molecule has 1 spiro atoms. The number of H-pyrrole nitrogens is 1.